The van der Waals surface area contributed by atoms with Crippen molar-refractivity contribution < 1.29 is 17.9 Å². The second-order valence-electron chi connectivity index (χ2n) is 3.50. The summed E-state index contributed by atoms with van der Waals surface area (Å²) in [6.45, 7) is 2.03. The number of ether oxygens (including phenoxy) is 2. The van der Waals surface area contributed by atoms with Crippen LogP contribution in [0.3, 0.4) is 0 Å². The molecule has 0 aliphatic rings. The number of nitrogens with zero attached hydrogens (tertiary/aromatic N) is 1. The molecule has 6 nitrogen and oxygen atoms in total. The molecule has 0 saturated heterocycles. The Morgan fingerprint density at radius 3 is 2.61 bits per heavy atom. The Morgan fingerprint density at radius 2 is 2.17 bits per heavy atom. The lowest BCUT2D eigenvalue weighted by Gasteiger charge is -2.14. The molecule has 1 atom stereocenters. The molecule has 1 aromatic heterocycles. The highest BCUT2D eigenvalue weighted by Crippen LogP contribution is 2.26. The highest BCUT2D eigenvalue weighted by molar-refractivity contribution is 7.91. The van der Waals surface area contributed by atoms with Crippen LogP contribution in [0.15, 0.2) is 4.21 Å². The molecular formula is C9H15ClN2O4S2. The molecule has 0 aromatic carbocycles. The minimum absolute atomic E-state index is 0.125. The first-order chi connectivity index (χ1) is 8.40. The predicted molar refractivity (Wildman–Crippen MR) is 69.7 cm³/mol. The zero-order valence-electron chi connectivity index (χ0n) is 10.3. The van der Waals surface area contributed by atoms with Crippen LogP contribution in [0, 0.1) is 6.92 Å². The average molecular weight is 315 g/mol. The number of hydrogen-bond acceptors (Lipinski definition) is 6. The lowest BCUT2D eigenvalue weighted by molar-refractivity contribution is 0.0320. The van der Waals surface area contributed by atoms with Gasteiger partial charge >= 0.3 is 0 Å². The van der Waals surface area contributed by atoms with Crippen LogP contribution >= 0.6 is 22.9 Å². The molecule has 1 N–H and O–H groups in total. The first-order valence-corrected chi connectivity index (χ1v) is 7.72. The van der Waals surface area contributed by atoms with Gasteiger partial charge in [0.1, 0.15) is 0 Å². The second-order valence-corrected chi connectivity index (χ2v) is 7.05. The third kappa shape index (κ3) is 4.15. The first-order valence-electron chi connectivity index (χ1n) is 5.05. The molecule has 1 rings (SSSR count). The molecule has 0 amide bonds. The van der Waals surface area contributed by atoms with E-state index in [0.717, 1.165) is 11.3 Å². The van der Waals surface area contributed by atoms with Crippen LogP contribution in [0.1, 0.15) is 5.69 Å². The summed E-state index contributed by atoms with van der Waals surface area (Å²) in [6, 6.07) is 0. The van der Waals surface area contributed by atoms with Gasteiger partial charge in [-0.15, -0.1) is 0 Å². The van der Waals surface area contributed by atoms with E-state index < -0.39 is 10.0 Å². The quantitative estimate of drug-likeness (QED) is 0.814. The molecule has 1 heterocycles. The third-order valence-electron chi connectivity index (χ3n) is 2.16. The standard InChI is InChI=1S/C9H15ClN2O4S2/c1-6-8(17-9(10)12-6)18(13,14)11-4-7(16-3)5-15-2/h7,11H,4-5H2,1-3H3. The summed E-state index contributed by atoms with van der Waals surface area (Å²) in [6.07, 6.45) is -0.339. The van der Waals surface area contributed by atoms with Crippen molar-refractivity contribution in [1.29, 1.82) is 0 Å². The smallest absolute Gasteiger partial charge is 0.252 e. The molecule has 0 spiro atoms. The van der Waals surface area contributed by atoms with E-state index in [-0.39, 0.29) is 21.3 Å². The van der Waals surface area contributed by atoms with E-state index in [2.05, 4.69) is 9.71 Å². The van der Waals surface area contributed by atoms with Gasteiger partial charge in [-0.05, 0) is 6.92 Å². The minimum Gasteiger partial charge on any atom is -0.382 e. The Labute approximate surface area is 115 Å². The summed E-state index contributed by atoms with van der Waals surface area (Å²) in [7, 11) is -0.593. The largest absolute Gasteiger partial charge is 0.382 e. The Morgan fingerprint density at radius 1 is 1.50 bits per heavy atom. The van der Waals surface area contributed by atoms with Crippen molar-refractivity contribution in [3.8, 4) is 0 Å². The van der Waals surface area contributed by atoms with Gasteiger partial charge in [-0.3, -0.25) is 0 Å². The average Bonchev–Trinajstić information content (AvgIpc) is 2.64. The van der Waals surface area contributed by atoms with Crippen molar-refractivity contribution in [2.45, 2.75) is 17.2 Å². The maximum atomic E-state index is 12.0. The molecular weight excluding hydrogens is 300 g/mol. The highest BCUT2D eigenvalue weighted by Gasteiger charge is 2.22. The van der Waals surface area contributed by atoms with Crippen LogP contribution in [0.4, 0.5) is 0 Å². The van der Waals surface area contributed by atoms with Gasteiger partial charge in [0.15, 0.2) is 8.68 Å². The van der Waals surface area contributed by atoms with Crippen LogP contribution in [-0.2, 0) is 19.5 Å². The number of methoxy groups -OCH3 is 2. The molecule has 9 heteroatoms. The summed E-state index contributed by atoms with van der Waals surface area (Å²) >= 11 is 6.61. The number of thiazole rings is 1. The van der Waals surface area contributed by atoms with E-state index in [0.29, 0.717) is 12.3 Å². The van der Waals surface area contributed by atoms with Crippen molar-refractivity contribution in [2.24, 2.45) is 0 Å². The van der Waals surface area contributed by atoms with Gasteiger partial charge in [0.2, 0.25) is 0 Å². The number of halogens is 1. The molecule has 0 fully saturated rings. The molecule has 0 saturated carbocycles. The van der Waals surface area contributed by atoms with Gasteiger partial charge in [0.05, 0.1) is 18.4 Å². The van der Waals surface area contributed by atoms with Crippen molar-refractivity contribution >= 4 is 33.0 Å². The Balaban J connectivity index is 2.74. The van der Waals surface area contributed by atoms with E-state index >= 15 is 0 Å². The Bertz CT molecular complexity index is 489. The van der Waals surface area contributed by atoms with Crippen molar-refractivity contribution in [3.05, 3.63) is 10.2 Å². The minimum atomic E-state index is -3.61. The van der Waals surface area contributed by atoms with Crippen molar-refractivity contribution in [3.63, 3.8) is 0 Å². The van der Waals surface area contributed by atoms with Crippen LogP contribution in [0.25, 0.3) is 0 Å². The van der Waals surface area contributed by atoms with Crippen LogP contribution < -0.4 is 4.72 Å². The van der Waals surface area contributed by atoms with E-state index in [1.807, 2.05) is 0 Å². The molecule has 18 heavy (non-hydrogen) atoms. The summed E-state index contributed by atoms with van der Waals surface area (Å²) in [5, 5.41) is 0. The van der Waals surface area contributed by atoms with Crippen LogP contribution in [0.5, 0.6) is 0 Å². The fourth-order valence-electron chi connectivity index (χ4n) is 1.26. The number of nitrogens with one attached hydrogen (secondary N) is 1. The highest BCUT2D eigenvalue weighted by atomic mass is 35.5. The first kappa shape index (κ1) is 15.8. The third-order valence-corrected chi connectivity index (χ3v) is 5.45. The number of hydrogen-bond donors (Lipinski definition) is 1. The van der Waals surface area contributed by atoms with Crippen molar-refractivity contribution in [1.82, 2.24) is 9.71 Å². The van der Waals surface area contributed by atoms with Gasteiger partial charge in [-0.25, -0.2) is 18.1 Å². The van der Waals surface area contributed by atoms with Gasteiger partial charge in [-0.1, -0.05) is 22.9 Å². The molecule has 0 radical (unpaired) electrons. The second kappa shape index (κ2) is 6.78. The summed E-state index contributed by atoms with van der Waals surface area (Å²) in [5.41, 5.74) is 0.387. The number of aryl methyl sites for hydroxylation is 1. The lowest BCUT2D eigenvalue weighted by Crippen LogP contribution is -2.35. The SMILES string of the molecule is COCC(CNS(=O)(=O)c1sc(Cl)nc1C)OC. The number of aromatic nitrogens is 1. The van der Waals surface area contributed by atoms with E-state index in [9.17, 15) is 8.42 Å². The Hall–Kier alpha value is -0.250. The summed E-state index contributed by atoms with van der Waals surface area (Å²) in [5.74, 6) is 0. The summed E-state index contributed by atoms with van der Waals surface area (Å²) in [4.78, 5) is 3.87. The lowest BCUT2D eigenvalue weighted by atomic mass is 10.4. The monoisotopic (exact) mass is 314 g/mol. The van der Waals surface area contributed by atoms with Gasteiger partial charge in [-0.2, -0.15) is 0 Å². The van der Waals surface area contributed by atoms with Crippen LogP contribution in [-0.4, -0.2) is 46.9 Å². The summed E-state index contributed by atoms with van der Waals surface area (Å²) < 4.78 is 36.7. The maximum absolute atomic E-state index is 12.0. The fourth-order valence-corrected chi connectivity index (χ4v) is 4.11. The molecule has 0 bridgehead atoms. The molecule has 1 unspecified atom stereocenters. The zero-order chi connectivity index (χ0) is 13.8. The topological polar surface area (TPSA) is 77.5 Å². The van der Waals surface area contributed by atoms with E-state index in [4.69, 9.17) is 21.1 Å². The Kier molecular flexibility index (Phi) is 5.96. The van der Waals surface area contributed by atoms with Gasteiger partial charge < -0.3 is 9.47 Å². The fraction of sp³-hybridized carbons (Fsp3) is 0.667. The molecule has 0 aliphatic carbocycles. The molecule has 1 aromatic rings. The number of sulfonamides is 1. The normalized spacial score (nSPS) is 13.8. The number of rotatable bonds is 7. The van der Waals surface area contributed by atoms with Crippen LogP contribution in [0.2, 0.25) is 4.47 Å². The zero-order valence-corrected chi connectivity index (χ0v) is 12.7. The van der Waals surface area contributed by atoms with E-state index in [1.54, 1.807) is 6.92 Å². The van der Waals surface area contributed by atoms with Gasteiger partial charge in [0, 0.05) is 20.8 Å². The molecule has 0 aliphatic heterocycles. The predicted octanol–water partition coefficient (Wildman–Crippen LogP) is 1.04. The van der Waals surface area contributed by atoms with E-state index in [1.165, 1.54) is 14.2 Å². The molecule has 104 valence electrons. The van der Waals surface area contributed by atoms with Gasteiger partial charge in [0.25, 0.3) is 10.0 Å². The maximum Gasteiger partial charge on any atom is 0.252 e. The van der Waals surface area contributed by atoms with Crippen molar-refractivity contribution in [2.75, 3.05) is 27.4 Å².